The molecule has 2 bridgehead atoms. The van der Waals surface area contributed by atoms with Gasteiger partial charge in [-0.25, -0.2) is 0 Å². The molecule has 22 heavy (non-hydrogen) atoms. The summed E-state index contributed by atoms with van der Waals surface area (Å²) in [5.74, 6) is 1.18. The van der Waals surface area contributed by atoms with Gasteiger partial charge in [-0.3, -0.25) is 5.43 Å². The number of nitrogens with zero attached hydrogens (tertiary/aromatic N) is 1. The SMILES string of the molecule is Oc1c(Cl)cc(Cl)cc1/C=N\NC(=S)N[C@H]1C[C@H]2C=C[C@@H]1C2. The normalized spacial score (nSPS) is 25.8. The van der Waals surface area contributed by atoms with Crippen molar-refractivity contribution in [3.8, 4) is 5.75 Å². The van der Waals surface area contributed by atoms with E-state index in [2.05, 4.69) is 28.0 Å². The van der Waals surface area contributed by atoms with Crippen molar-refractivity contribution in [2.45, 2.75) is 18.9 Å². The molecule has 3 N–H and O–H groups in total. The van der Waals surface area contributed by atoms with E-state index in [1.54, 1.807) is 6.07 Å². The number of hydrogen-bond donors (Lipinski definition) is 3. The highest BCUT2D eigenvalue weighted by Gasteiger charge is 2.35. The van der Waals surface area contributed by atoms with Crippen molar-refractivity contribution in [3.63, 3.8) is 0 Å². The van der Waals surface area contributed by atoms with Crippen LogP contribution in [-0.4, -0.2) is 22.5 Å². The van der Waals surface area contributed by atoms with Gasteiger partial charge in [0.05, 0.1) is 11.2 Å². The quantitative estimate of drug-likeness (QED) is 0.336. The standard InChI is InChI=1S/C15H15Cl2N3OS/c16-11-5-10(14(21)12(17)6-11)7-18-20-15(22)19-13-4-8-1-2-9(13)3-8/h1-2,5-9,13,21H,3-4H2,(H2,19,20,22)/b18-7-/t8-,9+,13-/m0/s1. The maximum absolute atomic E-state index is 9.82. The Morgan fingerprint density at radius 3 is 2.82 bits per heavy atom. The van der Waals surface area contributed by atoms with Crippen molar-refractivity contribution >= 4 is 46.7 Å². The van der Waals surface area contributed by atoms with Crippen LogP contribution < -0.4 is 10.7 Å². The molecule has 3 rings (SSSR count). The summed E-state index contributed by atoms with van der Waals surface area (Å²) in [6.07, 6.45) is 8.28. The van der Waals surface area contributed by atoms with E-state index in [0.29, 0.717) is 33.6 Å². The topological polar surface area (TPSA) is 56.7 Å². The Balaban J connectivity index is 1.56. The fraction of sp³-hybridized carbons (Fsp3) is 0.333. The number of hydrogen-bond acceptors (Lipinski definition) is 3. The second kappa shape index (κ2) is 6.44. The van der Waals surface area contributed by atoms with E-state index in [-0.39, 0.29) is 10.8 Å². The first-order valence-corrected chi connectivity index (χ1v) is 8.15. The minimum absolute atomic E-state index is 0.0614. The van der Waals surface area contributed by atoms with E-state index >= 15 is 0 Å². The van der Waals surface area contributed by atoms with Crippen LogP contribution in [0.4, 0.5) is 0 Å². The van der Waals surface area contributed by atoms with E-state index < -0.39 is 0 Å². The minimum Gasteiger partial charge on any atom is -0.506 e. The van der Waals surface area contributed by atoms with Crippen LogP contribution in [0.15, 0.2) is 29.4 Å². The van der Waals surface area contributed by atoms with Crippen LogP contribution in [0.2, 0.25) is 10.0 Å². The first-order valence-electron chi connectivity index (χ1n) is 6.99. The number of hydrazone groups is 1. The maximum Gasteiger partial charge on any atom is 0.187 e. The molecule has 7 heteroatoms. The maximum atomic E-state index is 9.82. The molecule has 116 valence electrons. The molecule has 2 aliphatic carbocycles. The molecule has 4 nitrogen and oxygen atoms in total. The molecule has 0 heterocycles. The van der Waals surface area contributed by atoms with Crippen LogP contribution in [0.3, 0.4) is 0 Å². The molecule has 0 radical (unpaired) electrons. The Morgan fingerprint density at radius 1 is 1.32 bits per heavy atom. The van der Waals surface area contributed by atoms with Crippen molar-refractivity contribution in [1.29, 1.82) is 0 Å². The highest BCUT2D eigenvalue weighted by molar-refractivity contribution is 7.80. The molecule has 1 aromatic carbocycles. The molecule has 1 saturated carbocycles. The molecule has 3 atom stereocenters. The van der Waals surface area contributed by atoms with Crippen LogP contribution in [0, 0.1) is 11.8 Å². The van der Waals surface area contributed by atoms with E-state index in [1.807, 2.05) is 0 Å². The highest BCUT2D eigenvalue weighted by Crippen LogP contribution is 2.38. The number of thiocarbonyl (C=S) groups is 1. The summed E-state index contributed by atoms with van der Waals surface area (Å²) in [6.45, 7) is 0. The van der Waals surface area contributed by atoms with Gasteiger partial charge in [0.25, 0.3) is 0 Å². The molecular weight excluding hydrogens is 341 g/mol. The second-order valence-electron chi connectivity index (χ2n) is 5.56. The number of rotatable bonds is 3. The number of phenols is 1. The van der Waals surface area contributed by atoms with Crippen molar-refractivity contribution in [2.24, 2.45) is 16.9 Å². The predicted molar refractivity (Wildman–Crippen MR) is 93.7 cm³/mol. The second-order valence-corrected chi connectivity index (χ2v) is 6.81. The summed E-state index contributed by atoms with van der Waals surface area (Å²) in [6, 6.07) is 3.42. The summed E-state index contributed by atoms with van der Waals surface area (Å²) in [7, 11) is 0. The van der Waals surface area contributed by atoms with E-state index in [4.69, 9.17) is 35.4 Å². The lowest BCUT2D eigenvalue weighted by Gasteiger charge is -2.20. The van der Waals surface area contributed by atoms with Crippen LogP contribution in [0.5, 0.6) is 5.75 Å². The molecule has 0 amide bonds. The third-order valence-electron chi connectivity index (χ3n) is 4.02. The fourth-order valence-electron chi connectivity index (χ4n) is 2.99. The van der Waals surface area contributed by atoms with E-state index in [1.165, 1.54) is 18.7 Å². The summed E-state index contributed by atoms with van der Waals surface area (Å²) in [5.41, 5.74) is 3.18. The van der Waals surface area contributed by atoms with Gasteiger partial charge in [0.1, 0.15) is 5.75 Å². The van der Waals surface area contributed by atoms with Crippen molar-refractivity contribution in [2.75, 3.05) is 0 Å². The summed E-state index contributed by atoms with van der Waals surface area (Å²) < 4.78 is 0. The van der Waals surface area contributed by atoms with Gasteiger partial charge >= 0.3 is 0 Å². The largest absolute Gasteiger partial charge is 0.506 e. The molecule has 0 aliphatic heterocycles. The lowest BCUT2D eigenvalue weighted by molar-refractivity contribution is 0.474. The first kappa shape index (κ1) is 15.6. The van der Waals surface area contributed by atoms with Gasteiger partial charge < -0.3 is 10.4 Å². The minimum atomic E-state index is -0.0614. The van der Waals surface area contributed by atoms with E-state index in [9.17, 15) is 5.11 Å². The van der Waals surface area contributed by atoms with Gasteiger partial charge in [-0.05, 0) is 49.0 Å². The Kier molecular flexibility index (Phi) is 4.57. The van der Waals surface area contributed by atoms with Crippen LogP contribution >= 0.6 is 35.4 Å². The summed E-state index contributed by atoms with van der Waals surface area (Å²) in [4.78, 5) is 0. The third-order valence-corrected chi connectivity index (χ3v) is 4.74. The lowest BCUT2D eigenvalue weighted by atomic mass is 10.0. The zero-order chi connectivity index (χ0) is 15.7. The van der Waals surface area contributed by atoms with Crippen molar-refractivity contribution < 1.29 is 5.11 Å². The number of benzene rings is 1. The summed E-state index contributed by atoms with van der Waals surface area (Å²) >= 11 is 17.0. The average Bonchev–Trinajstić information content (AvgIpc) is 3.06. The highest BCUT2D eigenvalue weighted by atomic mass is 35.5. The average molecular weight is 356 g/mol. The smallest absolute Gasteiger partial charge is 0.187 e. The number of nitrogens with one attached hydrogen (secondary N) is 2. The number of allylic oxidation sites excluding steroid dienone is 1. The zero-order valence-corrected chi connectivity index (χ0v) is 13.9. The van der Waals surface area contributed by atoms with Gasteiger partial charge in [-0.15, -0.1) is 0 Å². The van der Waals surface area contributed by atoms with Crippen LogP contribution in [0.25, 0.3) is 0 Å². The van der Waals surface area contributed by atoms with Gasteiger partial charge in [-0.1, -0.05) is 35.4 Å². The Hall–Kier alpha value is -1.30. The first-order chi connectivity index (χ1) is 10.5. The predicted octanol–water partition coefficient (Wildman–Crippen LogP) is 3.46. The van der Waals surface area contributed by atoms with Crippen LogP contribution in [-0.2, 0) is 0 Å². The molecule has 0 aromatic heterocycles. The third kappa shape index (κ3) is 3.37. The van der Waals surface area contributed by atoms with Crippen molar-refractivity contribution in [3.05, 3.63) is 39.9 Å². The van der Waals surface area contributed by atoms with Crippen LogP contribution in [0.1, 0.15) is 18.4 Å². The summed E-state index contributed by atoms with van der Waals surface area (Å²) in [5, 5.41) is 18.2. The van der Waals surface area contributed by atoms with Gasteiger partial charge in [0.15, 0.2) is 5.11 Å². The molecule has 0 spiro atoms. The molecule has 0 saturated heterocycles. The van der Waals surface area contributed by atoms with Gasteiger partial charge in [-0.2, -0.15) is 5.10 Å². The number of phenolic OH excluding ortho intramolecular Hbond substituents is 1. The molecule has 2 aliphatic rings. The van der Waals surface area contributed by atoms with E-state index in [0.717, 1.165) is 6.42 Å². The Morgan fingerprint density at radius 2 is 2.14 bits per heavy atom. The molecule has 0 unspecified atom stereocenters. The van der Waals surface area contributed by atoms with Gasteiger partial charge in [0.2, 0.25) is 0 Å². The Bertz CT molecular complexity index is 662. The number of aromatic hydroxyl groups is 1. The number of halogens is 2. The molecule has 1 aromatic rings. The molecular formula is C15H15Cl2N3OS. The van der Waals surface area contributed by atoms with Gasteiger partial charge in [0, 0.05) is 16.6 Å². The fourth-order valence-corrected chi connectivity index (χ4v) is 3.71. The lowest BCUT2D eigenvalue weighted by Crippen LogP contribution is -2.42. The molecule has 1 fully saturated rings. The van der Waals surface area contributed by atoms with Crippen molar-refractivity contribution in [1.82, 2.24) is 10.7 Å². The Labute approximate surface area is 144 Å². The number of fused-ring (bicyclic) bond motifs is 2. The zero-order valence-electron chi connectivity index (χ0n) is 11.6. The monoisotopic (exact) mass is 355 g/mol.